The Morgan fingerprint density at radius 2 is 1.48 bits per heavy atom. The molecule has 0 bridgehead atoms. The van der Waals surface area contributed by atoms with Crippen LogP contribution in [0.4, 0.5) is 0 Å². The van der Waals surface area contributed by atoms with Gasteiger partial charge >= 0.3 is 0 Å². The number of ether oxygens (including phenoxy) is 1. The maximum Gasteiger partial charge on any atom is 0.254 e. The summed E-state index contributed by atoms with van der Waals surface area (Å²) in [5, 5.41) is 1.84. The van der Waals surface area contributed by atoms with Gasteiger partial charge in [-0.15, -0.1) is 11.3 Å². The predicted octanol–water partition coefficient (Wildman–Crippen LogP) is 3.59. The van der Waals surface area contributed by atoms with E-state index < -0.39 is 0 Å². The molecule has 1 fully saturated rings. The molecule has 0 aliphatic carbocycles. The molecule has 4 rings (SSSR count). The molecule has 0 N–H and O–H groups in total. The summed E-state index contributed by atoms with van der Waals surface area (Å²) in [6.07, 6.45) is 0. The number of hydrogen-bond donors (Lipinski definition) is 0. The number of piperazine rings is 1. The first-order chi connectivity index (χ1) is 15.1. The number of thiophene rings is 1. The zero-order valence-electron chi connectivity index (χ0n) is 17.1. The molecular weight excluding hydrogens is 412 g/mol. The lowest BCUT2D eigenvalue weighted by atomic mass is 10.0. The molecule has 1 aromatic heterocycles. The van der Waals surface area contributed by atoms with Crippen LogP contribution in [0.25, 0.3) is 0 Å². The molecule has 158 valence electrons. The van der Waals surface area contributed by atoms with Crippen LogP contribution in [0.2, 0.25) is 0 Å². The Bertz CT molecular complexity index is 1100. The molecule has 1 aliphatic heterocycles. The van der Waals surface area contributed by atoms with E-state index in [2.05, 4.69) is 0 Å². The molecule has 7 heteroatoms. The van der Waals surface area contributed by atoms with Crippen LogP contribution in [0.1, 0.15) is 36.0 Å². The average molecular weight is 435 g/mol. The molecule has 0 atom stereocenters. The summed E-state index contributed by atoms with van der Waals surface area (Å²) >= 11 is 1.36. The number of hydrogen-bond acceptors (Lipinski definition) is 5. The zero-order chi connectivity index (χ0) is 21.8. The molecule has 6 nitrogen and oxygen atoms in total. The first-order valence-corrected chi connectivity index (χ1v) is 10.9. The van der Waals surface area contributed by atoms with E-state index in [1.54, 1.807) is 71.5 Å². The second-order valence-corrected chi connectivity index (χ2v) is 8.12. The third kappa shape index (κ3) is 4.36. The highest BCUT2D eigenvalue weighted by atomic mass is 32.1. The van der Waals surface area contributed by atoms with E-state index in [9.17, 15) is 14.4 Å². The fourth-order valence-electron chi connectivity index (χ4n) is 3.63. The van der Waals surface area contributed by atoms with Crippen molar-refractivity contribution in [2.45, 2.75) is 0 Å². The highest BCUT2D eigenvalue weighted by Crippen LogP contribution is 2.21. The van der Waals surface area contributed by atoms with Gasteiger partial charge in [-0.2, -0.15) is 0 Å². The molecule has 3 aromatic rings. The standard InChI is InChI=1S/C24H22N2O4S/c1-30-18-7-4-6-17(16-18)23(28)25-11-13-26(14-12-25)24(29)20-9-3-2-8-19(20)22(27)21-10-5-15-31-21/h2-10,15-16H,11-14H2,1H3. The lowest BCUT2D eigenvalue weighted by Crippen LogP contribution is -2.50. The Morgan fingerprint density at radius 3 is 2.13 bits per heavy atom. The molecule has 0 unspecified atom stereocenters. The van der Waals surface area contributed by atoms with Gasteiger partial charge in [0.2, 0.25) is 5.78 Å². The van der Waals surface area contributed by atoms with Crippen LogP contribution in [-0.4, -0.2) is 60.7 Å². The number of amides is 2. The van der Waals surface area contributed by atoms with Gasteiger partial charge in [-0.05, 0) is 35.7 Å². The summed E-state index contributed by atoms with van der Waals surface area (Å²) in [4.78, 5) is 42.9. The lowest BCUT2D eigenvalue weighted by molar-refractivity contribution is 0.0534. The molecular formula is C24H22N2O4S. The van der Waals surface area contributed by atoms with Gasteiger partial charge in [0.15, 0.2) is 0 Å². The second-order valence-electron chi connectivity index (χ2n) is 7.17. The molecule has 2 amide bonds. The van der Waals surface area contributed by atoms with Gasteiger partial charge in [0.25, 0.3) is 11.8 Å². The summed E-state index contributed by atoms with van der Waals surface area (Å²) in [6, 6.07) is 17.5. The molecule has 0 spiro atoms. The maximum atomic E-state index is 13.2. The number of rotatable bonds is 5. The quantitative estimate of drug-likeness (QED) is 0.576. The molecule has 0 saturated carbocycles. The van der Waals surface area contributed by atoms with Crippen molar-refractivity contribution in [2.24, 2.45) is 0 Å². The number of carbonyl (C=O) groups is 3. The van der Waals surface area contributed by atoms with Gasteiger partial charge in [0, 0.05) is 37.3 Å². The van der Waals surface area contributed by atoms with Crippen molar-refractivity contribution in [1.29, 1.82) is 0 Å². The van der Waals surface area contributed by atoms with Crippen molar-refractivity contribution in [1.82, 2.24) is 9.80 Å². The van der Waals surface area contributed by atoms with E-state index in [4.69, 9.17) is 4.74 Å². The van der Waals surface area contributed by atoms with E-state index in [0.717, 1.165) is 0 Å². The molecule has 1 aliphatic rings. The minimum atomic E-state index is -0.186. The predicted molar refractivity (Wildman–Crippen MR) is 119 cm³/mol. The fourth-order valence-corrected chi connectivity index (χ4v) is 4.31. The first-order valence-electron chi connectivity index (χ1n) is 9.98. The fraction of sp³-hybridized carbons (Fsp3) is 0.208. The molecule has 2 aromatic carbocycles. The number of methoxy groups -OCH3 is 1. The average Bonchev–Trinajstić information content (AvgIpc) is 3.38. The SMILES string of the molecule is COc1cccc(C(=O)N2CCN(C(=O)c3ccccc3C(=O)c3cccs3)CC2)c1. The molecule has 1 saturated heterocycles. The summed E-state index contributed by atoms with van der Waals surface area (Å²) < 4.78 is 5.20. The van der Waals surface area contributed by atoms with E-state index in [1.807, 2.05) is 11.4 Å². The normalized spacial score (nSPS) is 13.7. The summed E-state index contributed by atoms with van der Waals surface area (Å²) in [6.45, 7) is 1.69. The van der Waals surface area contributed by atoms with Crippen molar-refractivity contribution >= 4 is 28.9 Å². The van der Waals surface area contributed by atoms with E-state index >= 15 is 0 Å². The highest BCUT2D eigenvalue weighted by Gasteiger charge is 2.28. The maximum absolute atomic E-state index is 13.2. The Kier molecular flexibility index (Phi) is 6.13. The van der Waals surface area contributed by atoms with Gasteiger partial charge in [0.1, 0.15) is 5.75 Å². The van der Waals surface area contributed by atoms with Crippen LogP contribution < -0.4 is 4.74 Å². The Hall–Kier alpha value is -3.45. The summed E-state index contributed by atoms with van der Waals surface area (Å²) in [7, 11) is 1.56. The van der Waals surface area contributed by atoms with Crippen molar-refractivity contribution in [3.63, 3.8) is 0 Å². The van der Waals surface area contributed by atoms with Crippen LogP contribution in [0.5, 0.6) is 5.75 Å². The number of carbonyl (C=O) groups excluding carboxylic acids is 3. The summed E-state index contributed by atoms with van der Waals surface area (Å²) in [5.41, 5.74) is 1.37. The summed E-state index contributed by atoms with van der Waals surface area (Å²) in [5.74, 6) is 0.214. The molecule has 31 heavy (non-hydrogen) atoms. The second kappa shape index (κ2) is 9.14. The topological polar surface area (TPSA) is 66.9 Å². The Morgan fingerprint density at radius 1 is 0.806 bits per heavy atom. The van der Waals surface area contributed by atoms with Crippen LogP contribution in [-0.2, 0) is 0 Å². The van der Waals surface area contributed by atoms with Gasteiger partial charge in [0.05, 0.1) is 17.6 Å². The smallest absolute Gasteiger partial charge is 0.254 e. The minimum Gasteiger partial charge on any atom is -0.497 e. The van der Waals surface area contributed by atoms with E-state index in [0.29, 0.717) is 53.5 Å². The monoisotopic (exact) mass is 434 g/mol. The lowest BCUT2D eigenvalue weighted by Gasteiger charge is -2.35. The van der Waals surface area contributed by atoms with E-state index in [-0.39, 0.29) is 17.6 Å². The Labute approximate surface area is 184 Å². The van der Waals surface area contributed by atoms with Crippen molar-refractivity contribution < 1.29 is 19.1 Å². The first kappa shape index (κ1) is 20.8. The highest BCUT2D eigenvalue weighted by molar-refractivity contribution is 7.12. The molecule has 0 radical (unpaired) electrons. The van der Waals surface area contributed by atoms with Gasteiger partial charge in [-0.3, -0.25) is 14.4 Å². The van der Waals surface area contributed by atoms with Crippen LogP contribution in [0, 0.1) is 0 Å². The molecule has 2 heterocycles. The largest absolute Gasteiger partial charge is 0.497 e. The zero-order valence-corrected chi connectivity index (χ0v) is 17.9. The van der Waals surface area contributed by atoms with Crippen LogP contribution in [0.3, 0.4) is 0 Å². The minimum absolute atomic E-state index is 0.0840. The van der Waals surface area contributed by atoms with Crippen LogP contribution in [0.15, 0.2) is 66.0 Å². The number of ketones is 1. The van der Waals surface area contributed by atoms with Gasteiger partial charge < -0.3 is 14.5 Å². The number of nitrogens with zero attached hydrogens (tertiary/aromatic N) is 2. The third-order valence-electron chi connectivity index (χ3n) is 5.32. The Balaban J connectivity index is 1.45. The van der Waals surface area contributed by atoms with Crippen molar-refractivity contribution in [3.8, 4) is 5.75 Å². The van der Waals surface area contributed by atoms with E-state index in [1.165, 1.54) is 11.3 Å². The van der Waals surface area contributed by atoms with Gasteiger partial charge in [-0.1, -0.05) is 30.3 Å². The third-order valence-corrected chi connectivity index (χ3v) is 6.19. The number of benzene rings is 2. The van der Waals surface area contributed by atoms with Crippen LogP contribution >= 0.6 is 11.3 Å². The van der Waals surface area contributed by atoms with Gasteiger partial charge in [-0.25, -0.2) is 0 Å². The van der Waals surface area contributed by atoms with Crippen molar-refractivity contribution in [2.75, 3.05) is 33.3 Å². The van der Waals surface area contributed by atoms with Crippen molar-refractivity contribution in [3.05, 3.63) is 87.6 Å².